The van der Waals surface area contributed by atoms with Crippen molar-refractivity contribution in [1.29, 1.82) is 0 Å². The molecule has 1 aromatic carbocycles. The van der Waals surface area contributed by atoms with Crippen LogP contribution in [-0.4, -0.2) is 29.0 Å². The maximum atomic E-state index is 12.5. The molecule has 1 aliphatic carbocycles. The molecular formula is C20H25N3O3. The van der Waals surface area contributed by atoms with Crippen molar-refractivity contribution in [3.63, 3.8) is 0 Å². The van der Waals surface area contributed by atoms with Gasteiger partial charge in [-0.1, -0.05) is 39.0 Å². The molecule has 138 valence electrons. The molecule has 3 rings (SSSR count). The van der Waals surface area contributed by atoms with Crippen molar-refractivity contribution >= 4 is 5.91 Å². The second-order valence-corrected chi connectivity index (χ2v) is 8.02. The number of ether oxygens (including phenoxy) is 1. The second kappa shape index (κ2) is 6.94. The van der Waals surface area contributed by atoms with Crippen LogP contribution < -0.4 is 15.7 Å². The van der Waals surface area contributed by atoms with Crippen LogP contribution in [0.4, 0.5) is 0 Å². The Hall–Kier alpha value is -2.63. The first-order chi connectivity index (χ1) is 12.3. The highest BCUT2D eigenvalue weighted by Crippen LogP contribution is 2.45. The molecule has 1 aromatic heterocycles. The number of hydrogen-bond donors (Lipinski definition) is 2. The van der Waals surface area contributed by atoms with Crippen LogP contribution >= 0.6 is 0 Å². The number of rotatable bonds is 6. The molecule has 0 atom stereocenters. The zero-order chi connectivity index (χ0) is 18.8. The van der Waals surface area contributed by atoms with E-state index in [9.17, 15) is 9.59 Å². The van der Waals surface area contributed by atoms with E-state index >= 15 is 0 Å². The van der Waals surface area contributed by atoms with E-state index in [-0.39, 0.29) is 22.4 Å². The minimum absolute atomic E-state index is 0.0282. The lowest BCUT2D eigenvalue weighted by Gasteiger charge is -2.19. The van der Waals surface area contributed by atoms with Crippen LogP contribution in [0.15, 0.2) is 41.2 Å². The van der Waals surface area contributed by atoms with E-state index in [1.165, 1.54) is 0 Å². The molecule has 1 aliphatic rings. The van der Waals surface area contributed by atoms with Gasteiger partial charge in [-0.05, 0) is 31.0 Å². The van der Waals surface area contributed by atoms with Gasteiger partial charge in [0.2, 0.25) is 0 Å². The molecule has 6 nitrogen and oxygen atoms in total. The summed E-state index contributed by atoms with van der Waals surface area (Å²) in [6.07, 6.45) is 2.02. The van der Waals surface area contributed by atoms with Crippen molar-refractivity contribution in [2.75, 3.05) is 13.2 Å². The number of aromatic nitrogens is 2. The van der Waals surface area contributed by atoms with Gasteiger partial charge in [-0.15, -0.1) is 0 Å². The lowest BCUT2D eigenvalue weighted by Crippen LogP contribution is -2.35. The van der Waals surface area contributed by atoms with Crippen LogP contribution in [-0.2, 0) is 5.41 Å². The number of benzene rings is 1. The number of para-hydroxylation sites is 1. The summed E-state index contributed by atoms with van der Waals surface area (Å²) in [5.41, 5.74) is 0.0450. The van der Waals surface area contributed by atoms with E-state index < -0.39 is 5.69 Å². The molecule has 0 radical (unpaired) electrons. The van der Waals surface area contributed by atoms with Crippen LogP contribution in [0.1, 0.15) is 49.8 Å². The van der Waals surface area contributed by atoms with E-state index in [1.54, 1.807) is 6.07 Å². The third-order valence-electron chi connectivity index (χ3n) is 4.65. The molecule has 6 heteroatoms. The summed E-state index contributed by atoms with van der Waals surface area (Å²) < 4.78 is 5.83. The van der Waals surface area contributed by atoms with E-state index in [0.717, 1.165) is 18.6 Å². The number of nitrogens with zero attached hydrogens (tertiary/aromatic N) is 1. The summed E-state index contributed by atoms with van der Waals surface area (Å²) >= 11 is 0. The maximum Gasteiger partial charge on any atom is 0.345 e. The predicted molar refractivity (Wildman–Crippen MR) is 99.5 cm³/mol. The van der Waals surface area contributed by atoms with Gasteiger partial charge in [0.1, 0.15) is 11.4 Å². The summed E-state index contributed by atoms with van der Waals surface area (Å²) in [6, 6.07) is 11.3. The number of hydrogen-bond acceptors (Lipinski definition) is 4. The number of carbonyl (C=O) groups excluding carboxylic acids is 1. The Morgan fingerprint density at radius 2 is 1.96 bits per heavy atom. The first-order valence-corrected chi connectivity index (χ1v) is 8.85. The fourth-order valence-corrected chi connectivity index (χ4v) is 2.64. The minimum Gasteiger partial charge on any atom is -0.493 e. The Bertz CT molecular complexity index is 833. The van der Waals surface area contributed by atoms with Gasteiger partial charge in [-0.25, -0.2) is 4.79 Å². The van der Waals surface area contributed by atoms with Crippen molar-refractivity contribution in [3.8, 4) is 5.75 Å². The molecule has 0 spiro atoms. The monoisotopic (exact) mass is 355 g/mol. The molecule has 0 bridgehead atoms. The molecule has 26 heavy (non-hydrogen) atoms. The van der Waals surface area contributed by atoms with Crippen molar-refractivity contribution in [3.05, 3.63) is 58.3 Å². The highest BCUT2D eigenvalue weighted by Gasteiger charge is 2.43. The minimum atomic E-state index is -0.504. The summed E-state index contributed by atoms with van der Waals surface area (Å²) in [6.45, 7) is 6.99. The first kappa shape index (κ1) is 18.2. The molecule has 1 fully saturated rings. The smallest absolute Gasteiger partial charge is 0.345 e. The van der Waals surface area contributed by atoms with Gasteiger partial charge in [0.25, 0.3) is 5.91 Å². The maximum absolute atomic E-state index is 12.5. The molecule has 2 N–H and O–H groups in total. The topological polar surface area (TPSA) is 84.1 Å². The van der Waals surface area contributed by atoms with E-state index in [2.05, 4.69) is 15.3 Å². The standard InChI is InChI=1S/C20H25N3O3/c1-19(2,3)16-11-15(22-18(25)23-16)17(24)21-12-20(9-10-20)13-26-14-7-5-4-6-8-14/h4-8,11H,9-10,12-13H2,1-3H3,(H,21,24)(H,22,23,25). The van der Waals surface area contributed by atoms with E-state index in [0.29, 0.717) is 18.8 Å². The van der Waals surface area contributed by atoms with Gasteiger partial charge in [0.15, 0.2) is 0 Å². The average Bonchev–Trinajstić information content (AvgIpc) is 3.38. The predicted octanol–water partition coefficient (Wildman–Crippen LogP) is 2.66. The molecule has 0 saturated heterocycles. The zero-order valence-corrected chi connectivity index (χ0v) is 15.5. The fourth-order valence-electron chi connectivity index (χ4n) is 2.64. The highest BCUT2D eigenvalue weighted by atomic mass is 16.5. The Labute approximate surface area is 153 Å². The lowest BCUT2D eigenvalue weighted by molar-refractivity contribution is 0.0932. The van der Waals surface area contributed by atoms with Crippen molar-refractivity contribution in [2.45, 2.75) is 39.0 Å². The summed E-state index contributed by atoms with van der Waals surface area (Å²) in [5, 5.41) is 2.91. The Morgan fingerprint density at radius 1 is 1.27 bits per heavy atom. The SMILES string of the molecule is CC(C)(C)c1cc(C(=O)NCC2(COc3ccccc3)CC2)nc(=O)[nH]1. The molecule has 1 saturated carbocycles. The average molecular weight is 355 g/mol. The third kappa shape index (κ3) is 4.50. The van der Waals surface area contributed by atoms with E-state index in [1.807, 2.05) is 51.1 Å². The highest BCUT2D eigenvalue weighted by molar-refractivity contribution is 5.92. The van der Waals surface area contributed by atoms with E-state index in [4.69, 9.17) is 4.74 Å². The van der Waals surface area contributed by atoms with Crippen LogP contribution in [0.2, 0.25) is 0 Å². The number of carbonyl (C=O) groups is 1. The Morgan fingerprint density at radius 3 is 2.58 bits per heavy atom. The van der Waals surface area contributed by atoms with Gasteiger partial charge >= 0.3 is 5.69 Å². The molecule has 1 heterocycles. The van der Waals surface area contributed by atoms with Crippen molar-refractivity contribution in [1.82, 2.24) is 15.3 Å². The number of H-pyrrole nitrogens is 1. The van der Waals surface area contributed by atoms with Crippen molar-refractivity contribution < 1.29 is 9.53 Å². The normalized spacial score (nSPS) is 15.3. The lowest BCUT2D eigenvalue weighted by atomic mass is 9.91. The summed E-state index contributed by atoms with van der Waals surface area (Å²) in [7, 11) is 0. The van der Waals surface area contributed by atoms with Crippen LogP contribution in [0.25, 0.3) is 0 Å². The largest absolute Gasteiger partial charge is 0.493 e. The van der Waals surface area contributed by atoms with Gasteiger partial charge in [-0.3, -0.25) is 4.79 Å². The van der Waals surface area contributed by atoms with Gasteiger partial charge in [0, 0.05) is 23.1 Å². The molecule has 0 aliphatic heterocycles. The number of aromatic amines is 1. The molecular weight excluding hydrogens is 330 g/mol. The quantitative estimate of drug-likeness (QED) is 0.834. The summed E-state index contributed by atoms with van der Waals surface area (Å²) in [4.78, 5) is 30.7. The third-order valence-corrected chi connectivity index (χ3v) is 4.65. The number of amides is 1. The van der Waals surface area contributed by atoms with Gasteiger partial charge in [-0.2, -0.15) is 4.98 Å². The molecule has 0 unspecified atom stereocenters. The zero-order valence-electron chi connectivity index (χ0n) is 15.5. The Balaban J connectivity index is 1.60. The fraction of sp³-hybridized carbons (Fsp3) is 0.450. The van der Waals surface area contributed by atoms with Gasteiger partial charge < -0.3 is 15.0 Å². The van der Waals surface area contributed by atoms with Crippen LogP contribution in [0.3, 0.4) is 0 Å². The first-order valence-electron chi connectivity index (χ1n) is 8.85. The molecule has 2 aromatic rings. The number of nitrogens with one attached hydrogen (secondary N) is 2. The molecule has 1 amide bonds. The second-order valence-electron chi connectivity index (χ2n) is 8.02. The van der Waals surface area contributed by atoms with Crippen LogP contribution in [0, 0.1) is 5.41 Å². The van der Waals surface area contributed by atoms with Crippen molar-refractivity contribution in [2.24, 2.45) is 5.41 Å². The Kier molecular flexibility index (Phi) is 4.85. The summed E-state index contributed by atoms with van der Waals surface area (Å²) in [5.74, 6) is 0.503. The van der Waals surface area contributed by atoms with Crippen LogP contribution in [0.5, 0.6) is 5.75 Å². The van der Waals surface area contributed by atoms with Gasteiger partial charge in [0.05, 0.1) is 6.61 Å².